The van der Waals surface area contributed by atoms with E-state index in [1.807, 2.05) is 0 Å². The van der Waals surface area contributed by atoms with Gasteiger partial charge in [0.1, 0.15) is 0 Å². The highest BCUT2D eigenvalue weighted by molar-refractivity contribution is 6.38. The van der Waals surface area contributed by atoms with E-state index in [0.717, 1.165) is 5.56 Å². The van der Waals surface area contributed by atoms with Gasteiger partial charge < -0.3 is 20.2 Å². The molecule has 3 amide bonds. The molecule has 0 aromatic heterocycles. The monoisotopic (exact) mass is 463 g/mol. The molecule has 2 aromatic rings. The number of hydrogen-bond acceptors (Lipinski definition) is 4. The number of carbonyl (C=O) groups is 3. The summed E-state index contributed by atoms with van der Waals surface area (Å²) in [5.74, 6) is -0.960. The molecule has 9 heteroatoms. The topological polar surface area (TPSA) is 90.0 Å². The van der Waals surface area contributed by atoms with Gasteiger partial charge in [-0.15, -0.1) is 0 Å². The maximum absolute atomic E-state index is 12.4. The number of nitrogens with zero attached hydrogens (tertiary/aromatic N) is 2. The Labute approximate surface area is 190 Å². The van der Waals surface area contributed by atoms with E-state index in [1.165, 1.54) is 29.0 Å². The lowest BCUT2D eigenvalue weighted by molar-refractivity contribution is -0.122. The fourth-order valence-corrected chi connectivity index (χ4v) is 3.25. The Kier molecular flexibility index (Phi) is 8.62. The summed E-state index contributed by atoms with van der Waals surface area (Å²) < 4.78 is 0. The second kappa shape index (κ2) is 10.9. The number of benzene rings is 2. The van der Waals surface area contributed by atoms with Gasteiger partial charge in [0.05, 0.1) is 23.9 Å². The molecular formula is C22H23Cl2N3O4. The summed E-state index contributed by atoms with van der Waals surface area (Å²) in [6.45, 7) is -0.608. The summed E-state index contributed by atoms with van der Waals surface area (Å²) in [5.41, 5.74) is 1.98. The van der Waals surface area contributed by atoms with Crippen LogP contribution in [-0.4, -0.2) is 55.4 Å². The Bertz CT molecular complexity index is 1000. The second-order valence-corrected chi connectivity index (χ2v) is 7.63. The number of carbonyl (C=O) groups excluding carboxylic acids is 3. The fraction of sp³-hybridized carbons (Fsp3) is 0.227. The number of rotatable bonds is 7. The van der Waals surface area contributed by atoms with Gasteiger partial charge in [0, 0.05) is 43.4 Å². The minimum Gasteiger partial charge on any atom is -0.392 e. The molecule has 31 heavy (non-hydrogen) atoms. The molecule has 0 bridgehead atoms. The van der Waals surface area contributed by atoms with Crippen LogP contribution >= 0.6 is 23.2 Å². The van der Waals surface area contributed by atoms with Crippen molar-refractivity contribution in [3.8, 4) is 0 Å². The molecular weight excluding hydrogens is 441 g/mol. The van der Waals surface area contributed by atoms with Gasteiger partial charge in [0.15, 0.2) is 0 Å². The molecule has 2 N–H and O–H groups in total. The normalized spacial score (nSPS) is 10.8. The largest absolute Gasteiger partial charge is 0.392 e. The Balaban J connectivity index is 1.95. The molecule has 0 radical (unpaired) electrons. The van der Waals surface area contributed by atoms with Crippen LogP contribution in [0.5, 0.6) is 0 Å². The van der Waals surface area contributed by atoms with E-state index in [9.17, 15) is 19.5 Å². The van der Waals surface area contributed by atoms with Gasteiger partial charge in [-0.1, -0.05) is 35.3 Å². The summed E-state index contributed by atoms with van der Waals surface area (Å²) in [6.07, 6.45) is 2.88. The molecule has 0 spiro atoms. The molecule has 0 fully saturated rings. The highest BCUT2D eigenvalue weighted by Crippen LogP contribution is 2.33. The average molecular weight is 464 g/mol. The summed E-state index contributed by atoms with van der Waals surface area (Å²) in [4.78, 5) is 39.1. The highest BCUT2D eigenvalue weighted by Gasteiger charge is 2.18. The molecule has 0 unspecified atom stereocenters. The predicted octanol–water partition coefficient (Wildman–Crippen LogP) is 2.98. The zero-order valence-electron chi connectivity index (χ0n) is 17.4. The number of aliphatic hydroxyl groups excluding tert-OH is 1. The Hall–Kier alpha value is -2.87. The van der Waals surface area contributed by atoms with Crippen molar-refractivity contribution >= 4 is 52.7 Å². The minimum absolute atomic E-state index is 0.109. The number of halogens is 2. The summed E-state index contributed by atoms with van der Waals surface area (Å²) >= 11 is 12.2. The summed E-state index contributed by atoms with van der Waals surface area (Å²) in [6, 6.07) is 9.90. The zero-order valence-corrected chi connectivity index (χ0v) is 18.9. The van der Waals surface area contributed by atoms with Gasteiger partial charge in [-0.2, -0.15) is 0 Å². The third-order valence-corrected chi connectivity index (χ3v) is 5.24. The van der Waals surface area contributed by atoms with Crippen LogP contribution in [0.1, 0.15) is 21.5 Å². The molecule has 0 aliphatic carbocycles. The van der Waals surface area contributed by atoms with Crippen molar-refractivity contribution in [2.24, 2.45) is 0 Å². The Morgan fingerprint density at radius 2 is 1.68 bits per heavy atom. The van der Waals surface area contributed by atoms with Crippen LogP contribution in [0.25, 0.3) is 6.08 Å². The van der Waals surface area contributed by atoms with Gasteiger partial charge in [0.25, 0.3) is 5.91 Å². The van der Waals surface area contributed by atoms with Crippen molar-refractivity contribution in [3.63, 3.8) is 0 Å². The molecule has 0 saturated carbocycles. The summed E-state index contributed by atoms with van der Waals surface area (Å²) in [5, 5.41) is 12.4. The minimum atomic E-state index is -0.451. The third kappa shape index (κ3) is 6.30. The number of likely N-dealkylation sites (N-methyl/N-ethyl adjacent to an activating group) is 1. The van der Waals surface area contributed by atoms with Gasteiger partial charge in [-0.05, 0) is 35.9 Å². The van der Waals surface area contributed by atoms with Crippen molar-refractivity contribution < 1.29 is 19.5 Å². The van der Waals surface area contributed by atoms with Gasteiger partial charge in [-0.3, -0.25) is 14.4 Å². The van der Waals surface area contributed by atoms with Crippen LogP contribution in [0.15, 0.2) is 42.5 Å². The highest BCUT2D eigenvalue weighted by atomic mass is 35.5. The smallest absolute Gasteiger partial charge is 0.253 e. The Morgan fingerprint density at radius 3 is 2.26 bits per heavy atom. The lowest BCUT2D eigenvalue weighted by atomic mass is 10.1. The van der Waals surface area contributed by atoms with Crippen LogP contribution in [0, 0.1) is 0 Å². The van der Waals surface area contributed by atoms with E-state index in [2.05, 4.69) is 5.32 Å². The first kappa shape index (κ1) is 24.4. The molecule has 0 aliphatic rings. The van der Waals surface area contributed by atoms with Crippen molar-refractivity contribution in [1.29, 1.82) is 0 Å². The van der Waals surface area contributed by atoms with Crippen LogP contribution < -0.4 is 10.2 Å². The molecule has 0 aliphatic heterocycles. The Morgan fingerprint density at radius 1 is 1.03 bits per heavy atom. The maximum atomic E-state index is 12.4. The molecule has 0 heterocycles. The third-order valence-electron chi connectivity index (χ3n) is 4.46. The first-order valence-corrected chi connectivity index (χ1v) is 10.0. The van der Waals surface area contributed by atoms with Crippen LogP contribution in [0.3, 0.4) is 0 Å². The first-order valence-electron chi connectivity index (χ1n) is 9.27. The van der Waals surface area contributed by atoms with Crippen molar-refractivity contribution in [2.45, 2.75) is 6.61 Å². The zero-order chi connectivity index (χ0) is 23.1. The quantitative estimate of drug-likeness (QED) is 0.617. The molecule has 0 saturated heterocycles. The fourth-order valence-electron chi connectivity index (χ4n) is 2.63. The maximum Gasteiger partial charge on any atom is 0.253 e. The predicted molar refractivity (Wildman–Crippen MR) is 122 cm³/mol. The van der Waals surface area contributed by atoms with Gasteiger partial charge >= 0.3 is 0 Å². The van der Waals surface area contributed by atoms with E-state index in [0.29, 0.717) is 21.8 Å². The standard InChI is InChI=1S/C22H23Cl2N3O4/c1-26(2)22(31)15-7-4-14(5-8-15)6-11-19(29)25-12-20(30)27(3)18-10-9-17(23)16(13-28)21(18)24/h4-11,28H,12-13H2,1-3H3,(H,25,29)/b11-6+. The molecule has 7 nitrogen and oxygen atoms in total. The summed E-state index contributed by atoms with van der Waals surface area (Å²) in [7, 11) is 4.86. The van der Waals surface area contributed by atoms with Crippen molar-refractivity contribution in [3.05, 3.63) is 69.2 Å². The molecule has 2 aromatic carbocycles. The van der Waals surface area contributed by atoms with Gasteiger partial charge in [0.2, 0.25) is 11.8 Å². The molecule has 0 atom stereocenters. The number of nitrogens with one attached hydrogen (secondary N) is 1. The molecule has 164 valence electrons. The van der Waals surface area contributed by atoms with E-state index in [4.69, 9.17) is 23.2 Å². The van der Waals surface area contributed by atoms with Crippen molar-refractivity contribution in [1.82, 2.24) is 10.2 Å². The number of hydrogen-bond donors (Lipinski definition) is 2. The van der Waals surface area contributed by atoms with E-state index in [1.54, 1.807) is 50.5 Å². The van der Waals surface area contributed by atoms with Crippen molar-refractivity contribution in [2.75, 3.05) is 32.6 Å². The number of aliphatic hydroxyl groups is 1. The van der Waals surface area contributed by atoms with E-state index < -0.39 is 11.8 Å². The van der Waals surface area contributed by atoms with E-state index in [-0.39, 0.29) is 24.1 Å². The number of amides is 3. The number of anilines is 1. The van der Waals surface area contributed by atoms with Crippen LogP contribution in [-0.2, 0) is 16.2 Å². The van der Waals surface area contributed by atoms with Gasteiger partial charge in [-0.25, -0.2) is 0 Å². The second-order valence-electron chi connectivity index (χ2n) is 6.84. The lowest BCUT2D eigenvalue weighted by Gasteiger charge is -2.20. The average Bonchev–Trinajstić information content (AvgIpc) is 2.75. The van der Waals surface area contributed by atoms with E-state index >= 15 is 0 Å². The SMILES string of the molecule is CN(C)C(=O)c1ccc(/C=C/C(=O)NCC(=O)N(C)c2ccc(Cl)c(CO)c2Cl)cc1. The first-order chi connectivity index (χ1) is 14.6. The van der Waals surface area contributed by atoms with Crippen LogP contribution in [0.4, 0.5) is 5.69 Å². The molecule has 2 rings (SSSR count). The lowest BCUT2D eigenvalue weighted by Crippen LogP contribution is -2.37. The van der Waals surface area contributed by atoms with Crippen LogP contribution in [0.2, 0.25) is 10.0 Å².